The number of nitrogens with zero attached hydrogens (tertiary/aromatic N) is 1. The molecule has 0 aromatic carbocycles. The molecular weight excluding hydrogens is 196 g/mol. The highest BCUT2D eigenvalue weighted by Gasteiger charge is 2.24. The van der Waals surface area contributed by atoms with Crippen molar-refractivity contribution in [3.63, 3.8) is 0 Å². The largest absolute Gasteiger partial charge is 0.306 e. The fraction of sp³-hybridized carbons (Fsp3) is 0.429. The van der Waals surface area contributed by atoms with E-state index >= 15 is 0 Å². The molecule has 0 aromatic heterocycles. The Bertz CT molecular complexity index is 335. The summed E-state index contributed by atoms with van der Waals surface area (Å²) in [6.07, 6.45) is 9.51. The third-order valence-corrected chi connectivity index (χ3v) is 2.33. The van der Waals surface area contributed by atoms with Gasteiger partial charge < -0.3 is 5.41 Å². The van der Waals surface area contributed by atoms with Crippen molar-refractivity contribution in [1.82, 2.24) is 0 Å². The Morgan fingerprint density at radius 3 is 2.50 bits per heavy atom. The van der Waals surface area contributed by atoms with Crippen LogP contribution in [0.1, 0.15) is 27.7 Å². The highest BCUT2D eigenvalue weighted by molar-refractivity contribution is 5.91. The second kappa shape index (κ2) is 6.94. The van der Waals surface area contributed by atoms with E-state index in [1.54, 1.807) is 13.1 Å². The lowest BCUT2D eigenvalue weighted by atomic mass is 9.80. The Morgan fingerprint density at radius 2 is 2.12 bits per heavy atom. The standard InChI is InChI=1S/C12H16N2.C2H6/c1-4-11(8-10(2)13)12(3)6-5-7-14-9-12;1-2/h4-8,13H,1,9H2,2-3H3;1-2H3/b11-8+,13-10?;. The van der Waals surface area contributed by atoms with Crippen LogP contribution >= 0.6 is 0 Å². The molecule has 1 aliphatic rings. The fourth-order valence-electron chi connectivity index (χ4n) is 1.49. The molecule has 0 bridgehead atoms. The predicted octanol–water partition coefficient (Wildman–Crippen LogP) is 3.81. The van der Waals surface area contributed by atoms with Gasteiger partial charge in [-0.15, -0.1) is 0 Å². The van der Waals surface area contributed by atoms with Crippen molar-refractivity contribution in [1.29, 1.82) is 5.41 Å². The number of hydrogen-bond acceptors (Lipinski definition) is 2. The van der Waals surface area contributed by atoms with Gasteiger partial charge in [0.15, 0.2) is 0 Å². The third kappa shape index (κ3) is 3.97. The number of allylic oxidation sites excluding steroid dienone is 3. The van der Waals surface area contributed by atoms with E-state index in [2.05, 4.69) is 24.6 Å². The zero-order valence-corrected chi connectivity index (χ0v) is 10.7. The Hall–Kier alpha value is -1.44. The number of hydrogen-bond donors (Lipinski definition) is 1. The van der Waals surface area contributed by atoms with Crippen molar-refractivity contribution in [2.24, 2.45) is 10.4 Å². The van der Waals surface area contributed by atoms with Crippen LogP contribution in [0.3, 0.4) is 0 Å². The van der Waals surface area contributed by atoms with Gasteiger partial charge in [-0.05, 0) is 24.6 Å². The van der Waals surface area contributed by atoms with E-state index in [0.717, 1.165) is 12.1 Å². The summed E-state index contributed by atoms with van der Waals surface area (Å²) in [5, 5.41) is 7.45. The maximum absolute atomic E-state index is 7.45. The van der Waals surface area contributed by atoms with Gasteiger partial charge in [-0.1, -0.05) is 39.5 Å². The first-order valence-electron chi connectivity index (χ1n) is 5.66. The fourth-order valence-corrected chi connectivity index (χ4v) is 1.49. The molecule has 0 amide bonds. The summed E-state index contributed by atoms with van der Waals surface area (Å²) < 4.78 is 0. The van der Waals surface area contributed by atoms with Crippen LogP contribution in [0.4, 0.5) is 0 Å². The summed E-state index contributed by atoms with van der Waals surface area (Å²) >= 11 is 0. The Labute approximate surface area is 99.0 Å². The monoisotopic (exact) mass is 218 g/mol. The summed E-state index contributed by atoms with van der Waals surface area (Å²) in [5.74, 6) is 0. The molecule has 88 valence electrons. The van der Waals surface area contributed by atoms with Crippen LogP contribution in [-0.4, -0.2) is 18.5 Å². The van der Waals surface area contributed by atoms with Crippen molar-refractivity contribution in [3.8, 4) is 0 Å². The number of rotatable bonds is 3. The predicted molar refractivity (Wildman–Crippen MR) is 73.6 cm³/mol. The van der Waals surface area contributed by atoms with Crippen molar-refractivity contribution >= 4 is 11.9 Å². The van der Waals surface area contributed by atoms with Crippen LogP contribution in [0.2, 0.25) is 0 Å². The highest BCUT2D eigenvalue weighted by Crippen LogP contribution is 2.31. The maximum Gasteiger partial charge on any atom is 0.0518 e. The number of nitrogens with one attached hydrogen (secondary N) is 1. The molecule has 0 aliphatic carbocycles. The van der Waals surface area contributed by atoms with E-state index < -0.39 is 0 Å². The summed E-state index contributed by atoms with van der Waals surface area (Å²) in [4.78, 5) is 4.24. The zero-order chi connectivity index (χ0) is 12.6. The third-order valence-electron chi connectivity index (χ3n) is 2.33. The lowest BCUT2D eigenvalue weighted by Crippen LogP contribution is -2.22. The number of aliphatic imine (C=N–C) groups is 1. The van der Waals surface area contributed by atoms with Gasteiger partial charge in [0.2, 0.25) is 0 Å². The van der Waals surface area contributed by atoms with Crippen LogP contribution in [0.25, 0.3) is 0 Å². The lowest BCUT2D eigenvalue weighted by Gasteiger charge is -2.27. The smallest absolute Gasteiger partial charge is 0.0518 e. The van der Waals surface area contributed by atoms with Gasteiger partial charge >= 0.3 is 0 Å². The lowest BCUT2D eigenvalue weighted by molar-refractivity contribution is 0.540. The van der Waals surface area contributed by atoms with Crippen molar-refractivity contribution in [2.45, 2.75) is 27.7 Å². The van der Waals surface area contributed by atoms with Gasteiger partial charge in [0, 0.05) is 17.3 Å². The van der Waals surface area contributed by atoms with Gasteiger partial charge in [-0.2, -0.15) is 0 Å². The van der Waals surface area contributed by atoms with E-state index in [1.165, 1.54) is 0 Å². The Morgan fingerprint density at radius 1 is 1.50 bits per heavy atom. The van der Waals surface area contributed by atoms with E-state index in [9.17, 15) is 0 Å². The molecule has 1 N–H and O–H groups in total. The topological polar surface area (TPSA) is 36.2 Å². The second-order valence-electron chi connectivity index (χ2n) is 3.75. The molecule has 0 saturated heterocycles. The first-order chi connectivity index (χ1) is 7.58. The minimum atomic E-state index is -0.0984. The van der Waals surface area contributed by atoms with Crippen molar-refractivity contribution in [3.05, 3.63) is 36.5 Å². The van der Waals surface area contributed by atoms with Crippen LogP contribution in [0, 0.1) is 10.8 Å². The molecule has 1 aliphatic heterocycles. The van der Waals surface area contributed by atoms with Crippen molar-refractivity contribution in [2.75, 3.05) is 6.54 Å². The van der Waals surface area contributed by atoms with Crippen LogP contribution in [-0.2, 0) is 0 Å². The molecule has 1 rings (SSSR count). The molecule has 0 saturated carbocycles. The van der Waals surface area contributed by atoms with E-state index in [4.69, 9.17) is 5.41 Å². The molecule has 1 atom stereocenters. The zero-order valence-electron chi connectivity index (χ0n) is 10.7. The Balaban J connectivity index is 0.00000106. The van der Waals surface area contributed by atoms with E-state index in [0.29, 0.717) is 5.71 Å². The normalized spacial score (nSPS) is 23.4. The molecular formula is C14H22N2. The molecule has 16 heavy (non-hydrogen) atoms. The van der Waals surface area contributed by atoms with Gasteiger partial charge in [-0.25, -0.2) is 0 Å². The maximum atomic E-state index is 7.45. The first-order valence-corrected chi connectivity index (χ1v) is 5.66. The van der Waals surface area contributed by atoms with Crippen molar-refractivity contribution < 1.29 is 0 Å². The molecule has 0 aromatic rings. The Kier molecular flexibility index (Phi) is 6.31. The van der Waals surface area contributed by atoms with Crippen LogP contribution < -0.4 is 0 Å². The van der Waals surface area contributed by atoms with Crippen LogP contribution in [0.15, 0.2) is 41.4 Å². The van der Waals surface area contributed by atoms with Gasteiger partial charge in [0.25, 0.3) is 0 Å². The number of dihydropyridines is 1. The minimum absolute atomic E-state index is 0.0984. The summed E-state index contributed by atoms with van der Waals surface area (Å²) in [6, 6.07) is 0. The first kappa shape index (κ1) is 14.6. The molecule has 1 unspecified atom stereocenters. The van der Waals surface area contributed by atoms with E-state index in [-0.39, 0.29) is 5.41 Å². The molecule has 0 fully saturated rings. The molecule has 0 radical (unpaired) electrons. The molecule has 2 heteroatoms. The molecule has 1 heterocycles. The summed E-state index contributed by atoms with van der Waals surface area (Å²) in [7, 11) is 0. The molecule has 0 spiro atoms. The molecule has 2 nitrogen and oxygen atoms in total. The van der Waals surface area contributed by atoms with Gasteiger partial charge in [0.05, 0.1) is 6.54 Å². The van der Waals surface area contributed by atoms with Gasteiger partial charge in [-0.3, -0.25) is 4.99 Å². The summed E-state index contributed by atoms with van der Waals surface area (Å²) in [5.41, 5.74) is 1.50. The highest BCUT2D eigenvalue weighted by atomic mass is 14.7. The quantitative estimate of drug-likeness (QED) is 0.552. The average molecular weight is 218 g/mol. The van der Waals surface area contributed by atoms with Crippen LogP contribution in [0.5, 0.6) is 0 Å². The minimum Gasteiger partial charge on any atom is -0.306 e. The SMILES string of the molecule is C=C/C(=C\C(C)=N)C1(C)C=CC=NC1.CC. The van der Waals surface area contributed by atoms with Gasteiger partial charge in [0.1, 0.15) is 0 Å². The van der Waals surface area contributed by atoms with E-state index in [1.807, 2.05) is 32.1 Å². The second-order valence-corrected chi connectivity index (χ2v) is 3.75. The average Bonchev–Trinajstić information content (AvgIpc) is 2.29. The summed E-state index contributed by atoms with van der Waals surface area (Å²) in [6.45, 7) is 12.4.